The number of rotatable bonds is 4. The van der Waals surface area contributed by atoms with E-state index in [1.165, 1.54) is 43.1 Å². The van der Waals surface area contributed by atoms with E-state index in [1.807, 2.05) is 24.3 Å². The van der Waals surface area contributed by atoms with Crippen LogP contribution in [-0.2, 0) is 9.59 Å². The highest BCUT2D eigenvalue weighted by molar-refractivity contribution is 6.23. The van der Waals surface area contributed by atoms with Gasteiger partial charge in [-0.15, -0.1) is 0 Å². The normalized spacial score (nSPS) is 20.3. The number of carbonyl (C=O) groups is 2. The largest absolute Gasteiger partial charge is 0.373 e. The molecule has 2 fully saturated rings. The van der Waals surface area contributed by atoms with Crippen LogP contribution in [0.4, 0.5) is 21.5 Å². The summed E-state index contributed by atoms with van der Waals surface area (Å²) in [4.78, 5) is 28.2. The number of para-hydroxylation sites is 1. The first-order valence-electron chi connectivity index (χ1n) is 9.36. The summed E-state index contributed by atoms with van der Waals surface area (Å²) < 4.78 is 14.0. The van der Waals surface area contributed by atoms with E-state index in [0.717, 1.165) is 23.7 Å². The van der Waals surface area contributed by atoms with Crippen molar-refractivity contribution in [3.63, 3.8) is 0 Å². The lowest BCUT2D eigenvalue weighted by Crippen LogP contribution is -2.35. The molecule has 0 unspecified atom stereocenters. The fraction of sp³-hybridized carbons (Fsp3) is 0.333. The molecule has 2 aromatic rings. The molecule has 0 radical (unpaired) electrons. The van der Waals surface area contributed by atoms with Crippen LogP contribution in [0, 0.1) is 5.82 Å². The topological polar surface area (TPSA) is 52.7 Å². The molecule has 4 rings (SSSR count). The molecule has 0 aromatic heterocycles. The predicted octanol–water partition coefficient (Wildman–Crippen LogP) is 3.56. The fourth-order valence-corrected chi connectivity index (χ4v) is 3.75. The van der Waals surface area contributed by atoms with Gasteiger partial charge in [0, 0.05) is 24.5 Å². The number of halogens is 1. The van der Waals surface area contributed by atoms with Gasteiger partial charge in [0.2, 0.25) is 5.91 Å². The Balaban J connectivity index is 1.46. The zero-order valence-electron chi connectivity index (χ0n) is 15.0. The van der Waals surface area contributed by atoms with Crippen molar-refractivity contribution in [3.05, 3.63) is 54.3 Å². The smallest absolute Gasteiger partial charge is 0.256 e. The number of hydrogen-bond donors (Lipinski definition) is 1. The van der Waals surface area contributed by atoms with Crippen molar-refractivity contribution in [2.45, 2.75) is 31.7 Å². The van der Waals surface area contributed by atoms with Gasteiger partial charge in [0.1, 0.15) is 11.9 Å². The molecule has 1 N–H and O–H groups in total. The van der Waals surface area contributed by atoms with E-state index >= 15 is 0 Å². The molecular weight excluding hydrogens is 345 g/mol. The highest BCUT2D eigenvalue weighted by Crippen LogP contribution is 2.28. The Kier molecular flexibility index (Phi) is 4.79. The second-order valence-electron chi connectivity index (χ2n) is 7.01. The number of imide groups is 1. The SMILES string of the molecule is O=C1C[C@H](Nc2ccc(N3CCCCC3)cc2)C(=O)N1c1ccccc1F. The number of benzene rings is 2. The minimum atomic E-state index is -0.682. The van der Waals surface area contributed by atoms with Gasteiger partial charge in [-0.25, -0.2) is 9.29 Å². The quantitative estimate of drug-likeness (QED) is 0.840. The number of nitrogens with zero attached hydrogens (tertiary/aromatic N) is 2. The summed E-state index contributed by atoms with van der Waals surface area (Å²) in [5.41, 5.74) is 1.96. The zero-order chi connectivity index (χ0) is 18.8. The lowest BCUT2D eigenvalue weighted by molar-refractivity contribution is -0.121. The molecule has 2 saturated heterocycles. The fourth-order valence-electron chi connectivity index (χ4n) is 3.75. The maximum atomic E-state index is 14.0. The highest BCUT2D eigenvalue weighted by Gasteiger charge is 2.40. The third-order valence-corrected chi connectivity index (χ3v) is 5.17. The second kappa shape index (κ2) is 7.39. The highest BCUT2D eigenvalue weighted by atomic mass is 19.1. The monoisotopic (exact) mass is 367 g/mol. The van der Waals surface area contributed by atoms with Crippen LogP contribution >= 0.6 is 0 Å². The van der Waals surface area contributed by atoms with E-state index in [4.69, 9.17) is 0 Å². The minimum absolute atomic E-state index is 0.0113. The summed E-state index contributed by atoms with van der Waals surface area (Å²) in [6.45, 7) is 2.14. The van der Waals surface area contributed by atoms with Gasteiger partial charge in [-0.2, -0.15) is 0 Å². The number of anilines is 3. The van der Waals surface area contributed by atoms with Crippen molar-refractivity contribution in [1.82, 2.24) is 0 Å². The molecule has 1 atom stereocenters. The van der Waals surface area contributed by atoms with Gasteiger partial charge in [-0.1, -0.05) is 12.1 Å². The van der Waals surface area contributed by atoms with Crippen molar-refractivity contribution >= 4 is 28.9 Å². The van der Waals surface area contributed by atoms with Crippen LogP contribution in [0.2, 0.25) is 0 Å². The summed E-state index contributed by atoms with van der Waals surface area (Å²) >= 11 is 0. The molecule has 0 spiro atoms. The summed E-state index contributed by atoms with van der Waals surface area (Å²) in [6, 6.07) is 13.1. The molecule has 2 aliphatic rings. The Hall–Kier alpha value is -2.89. The molecule has 5 nitrogen and oxygen atoms in total. The van der Waals surface area contributed by atoms with Crippen molar-refractivity contribution in [1.29, 1.82) is 0 Å². The molecule has 6 heteroatoms. The summed E-state index contributed by atoms with van der Waals surface area (Å²) in [7, 11) is 0. The molecule has 0 bridgehead atoms. The van der Waals surface area contributed by atoms with E-state index in [2.05, 4.69) is 10.2 Å². The number of amides is 2. The van der Waals surface area contributed by atoms with E-state index in [-0.39, 0.29) is 12.1 Å². The Morgan fingerprint density at radius 1 is 0.926 bits per heavy atom. The van der Waals surface area contributed by atoms with Crippen molar-refractivity contribution in [2.24, 2.45) is 0 Å². The third kappa shape index (κ3) is 3.52. The maximum Gasteiger partial charge on any atom is 0.256 e. The first kappa shape index (κ1) is 17.5. The lowest BCUT2D eigenvalue weighted by atomic mass is 10.1. The standard InChI is InChI=1S/C21H22FN3O2/c22-17-6-2-3-7-19(17)25-20(26)14-18(21(25)27)23-15-8-10-16(11-9-15)24-12-4-1-5-13-24/h2-3,6-11,18,23H,1,4-5,12-14H2/t18-/m0/s1. The summed E-state index contributed by atoms with van der Waals surface area (Å²) in [6.07, 6.45) is 3.72. The Morgan fingerprint density at radius 2 is 1.63 bits per heavy atom. The van der Waals surface area contributed by atoms with Crippen molar-refractivity contribution in [2.75, 3.05) is 28.2 Å². The maximum absolute atomic E-state index is 14.0. The molecule has 2 aromatic carbocycles. The van der Waals surface area contributed by atoms with Gasteiger partial charge >= 0.3 is 0 Å². The van der Waals surface area contributed by atoms with Crippen molar-refractivity contribution < 1.29 is 14.0 Å². The molecular formula is C21H22FN3O2. The Morgan fingerprint density at radius 3 is 2.33 bits per heavy atom. The van der Waals surface area contributed by atoms with Crippen LogP contribution in [0.15, 0.2) is 48.5 Å². The van der Waals surface area contributed by atoms with Gasteiger partial charge in [-0.05, 0) is 55.7 Å². The Labute approximate surface area is 157 Å². The number of piperidine rings is 1. The van der Waals surface area contributed by atoms with Gasteiger partial charge in [-0.3, -0.25) is 9.59 Å². The zero-order valence-corrected chi connectivity index (χ0v) is 15.0. The van der Waals surface area contributed by atoms with Crippen molar-refractivity contribution in [3.8, 4) is 0 Å². The molecule has 2 aliphatic heterocycles. The molecule has 140 valence electrons. The van der Waals surface area contributed by atoms with Crippen LogP contribution in [0.3, 0.4) is 0 Å². The van der Waals surface area contributed by atoms with E-state index < -0.39 is 23.7 Å². The second-order valence-corrected chi connectivity index (χ2v) is 7.01. The molecule has 2 heterocycles. The van der Waals surface area contributed by atoms with Crippen LogP contribution in [0.5, 0.6) is 0 Å². The summed E-state index contributed by atoms with van der Waals surface area (Å²) in [5.74, 6) is -1.40. The first-order chi connectivity index (χ1) is 13.1. The average Bonchev–Trinajstić information content (AvgIpc) is 2.97. The number of nitrogens with one attached hydrogen (secondary N) is 1. The van der Waals surface area contributed by atoms with Gasteiger partial charge in [0.25, 0.3) is 5.91 Å². The van der Waals surface area contributed by atoms with Gasteiger partial charge in [0.15, 0.2) is 0 Å². The van der Waals surface area contributed by atoms with Crippen LogP contribution < -0.4 is 15.1 Å². The van der Waals surface area contributed by atoms with Crippen LogP contribution in [0.25, 0.3) is 0 Å². The van der Waals surface area contributed by atoms with Crippen LogP contribution in [0.1, 0.15) is 25.7 Å². The van der Waals surface area contributed by atoms with Crippen LogP contribution in [-0.4, -0.2) is 30.9 Å². The average molecular weight is 367 g/mol. The summed E-state index contributed by atoms with van der Waals surface area (Å²) in [5, 5.41) is 3.12. The number of hydrogen-bond acceptors (Lipinski definition) is 4. The van der Waals surface area contributed by atoms with E-state index in [1.54, 1.807) is 6.07 Å². The van der Waals surface area contributed by atoms with E-state index in [0.29, 0.717) is 0 Å². The molecule has 0 saturated carbocycles. The molecule has 2 amide bonds. The predicted molar refractivity (Wildman–Crippen MR) is 103 cm³/mol. The minimum Gasteiger partial charge on any atom is -0.373 e. The third-order valence-electron chi connectivity index (χ3n) is 5.17. The van der Waals surface area contributed by atoms with Gasteiger partial charge < -0.3 is 10.2 Å². The molecule has 27 heavy (non-hydrogen) atoms. The number of carbonyl (C=O) groups excluding carboxylic acids is 2. The van der Waals surface area contributed by atoms with E-state index in [9.17, 15) is 14.0 Å². The lowest BCUT2D eigenvalue weighted by Gasteiger charge is -2.29. The first-order valence-corrected chi connectivity index (χ1v) is 9.36. The Bertz CT molecular complexity index is 847. The molecule has 0 aliphatic carbocycles. The van der Waals surface area contributed by atoms with Gasteiger partial charge in [0.05, 0.1) is 12.1 Å².